The molecule has 0 saturated carbocycles. The maximum absolute atomic E-state index is 13.6. The molecule has 0 fully saturated rings. The molecule has 0 atom stereocenters. The number of hydrogen-bond acceptors (Lipinski definition) is 4. The second-order valence-corrected chi connectivity index (χ2v) is 4.77. The molecule has 1 aromatic carbocycles. The number of nitrogens with zero attached hydrogens (tertiary/aromatic N) is 2. The van der Waals surface area contributed by atoms with Crippen LogP contribution in [0.2, 0.25) is 0 Å². The molecule has 1 heterocycles. The summed E-state index contributed by atoms with van der Waals surface area (Å²) in [6.45, 7) is 4.52. The highest BCUT2D eigenvalue weighted by Gasteiger charge is 2.11. The van der Waals surface area contributed by atoms with Crippen molar-refractivity contribution in [3.63, 3.8) is 0 Å². The van der Waals surface area contributed by atoms with E-state index in [1.165, 1.54) is 0 Å². The summed E-state index contributed by atoms with van der Waals surface area (Å²) in [4.78, 5) is 7.80. The average molecular weight is 326 g/mol. The molecule has 0 saturated heterocycles. The number of nitrogens with one attached hydrogen (secondary N) is 1. The minimum atomic E-state index is -0.603. The standard InChI is InChI=1S/C13H13BrFN3O/c1-3-16-13-17-7-10(15)12(18-13)19-11-5-4-8(2)6-9(11)14/h4-7H,3H2,1-2H3,(H,16,17,18). The van der Waals surface area contributed by atoms with Crippen LogP contribution in [0, 0.1) is 12.7 Å². The zero-order chi connectivity index (χ0) is 13.8. The average Bonchev–Trinajstić information content (AvgIpc) is 2.37. The third-order valence-electron chi connectivity index (χ3n) is 2.34. The van der Waals surface area contributed by atoms with E-state index in [2.05, 4.69) is 31.2 Å². The predicted molar refractivity (Wildman–Crippen MR) is 75.1 cm³/mol. The Hall–Kier alpha value is -1.69. The van der Waals surface area contributed by atoms with Crippen molar-refractivity contribution in [3.8, 4) is 11.6 Å². The van der Waals surface area contributed by atoms with Crippen LogP contribution >= 0.6 is 15.9 Å². The second-order valence-electron chi connectivity index (χ2n) is 3.91. The van der Waals surface area contributed by atoms with Crippen molar-refractivity contribution in [2.75, 3.05) is 11.9 Å². The quantitative estimate of drug-likeness (QED) is 0.925. The van der Waals surface area contributed by atoms with Gasteiger partial charge >= 0.3 is 0 Å². The van der Waals surface area contributed by atoms with Crippen molar-refractivity contribution in [2.24, 2.45) is 0 Å². The fraction of sp³-hybridized carbons (Fsp3) is 0.231. The fourth-order valence-electron chi connectivity index (χ4n) is 1.46. The zero-order valence-electron chi connectivity index (χ0n) is 10.6. The topological polar surface area (TPSA) is 47.0 Å². The molecule has 1 N–H and O–H groups in total. The third kappa shape index (κ3) is 3.41. The van der Waals surface area contributed by atoms with Crippen molar-refractivity contribution >= 4 is 21.9 Å². The first-order valence-corrected chi connectivity index (χ1v) is 6.60. The monoisotopic (exact) mass is 325 g/mol. The van der Waals surface area contributed by atoms with Crippen LogP contribution in [0.25, 0.3) is 0 Å². The van der Waals surface area contributed by atoms with Crippen LogP contribution in [0.1, 0.15) is 12.5 Å². The van der Waals surface area contributed by atoms with E-state index in [1.807, 2.05) is 26.0 Å². The number of hydrogen-bond donors (Lipinski definition) is 1. The number of ether oxygens (including phenoxy) is 1. The van der Waals surface area contributed by atoms with Crippen molar-refractivity contribution in [1.29, 1.82) is 0 Å². The lowest BCUT2D eigenvalue weighted by molar-refractivity contribution is 0.418. The van der Waals surface area contributed by atoms with E-state index in [9.17, 15) is 4.39 Å². The lowest BCUT2D eigenvalue weighted by Crippen LogP contribution is -2.04. The number of anilines is 1. The summed E-state index contributed by atoms with van der Waals surface area (Å²) in [5, 5.41) is 2.90. The van der Waals surface area contributed by atoms with Gasteiger partial charge in [-0.15, -0.1) is 0 Å². The molecule has 0 amide bonds. The van der Waals surface area contributed by atoms with Crippen LogP contribution in [-0.2, 0) is 0 Å². The van der Waals surface area contributed by atoms with Crippen molar-refractivity contribution in [3.05, 3.63) is 40.2 Å². The summed E-state index contributed by atoms with van der Waals surface area (Å²) in [5.74, 6) is 0.136. The highest BCUT2D eigenvalue weighted by molar-refractivity contribution is 9.10. The Labute approximate surface area is 119 Å². The maximum Gasteiger partial charge on any atom is 0.260 e. The van der Waals surface area contributed by atoms with Crippen LogP contribution in [0.3, 0.4) is 0 Å². The highest BCUT2D eigenvalue weighted by atomic mass is 79.9. The molecule has 2 aromatic rings. The lowest BCUT2D eigenvalue weighted by Gasteiger charge is -2.09. The zero-order valence-corrected chi connectivity index (χ0v) is 12.2. The van der Waals surface area contributed by atoms with Crippen LogP contribution in [-0.4, -0.2) is 16.5 Å². The second kappa shape index (κ2) is 5.97. The SMILES string of the molecule is CCNc1ncc(F)c(Oc2ccc(C)cc2Br)n1. The summed E-state index contributed by atoms with van der Waals surface area (Å²) < 4.78 is 19.8. The molecule has 0 unspecified atom stereocenters. The first kappa shape index (κ1) is 13.7. The summed E-state index contributed by atoms with van der Waals surface area (Å²) in [6.07, 6.45) is 1.09. The van der Waals surface area contributed by atoms with Crippen LogP contribution in [0.5, 0.6) is 11.6 Å². The van der Waals surface area contributed by atoms with Crippen LogP contribution in [0.15, 0.2) is 28.9 Å². The molecular weight excluding hydrogens is 313 g/mol. The molecule has 0 bridgehead atoms. The Balaban J connectivity index is 2.29. The van der Waals surface area contributed by atoms with E-state index < -0.39 is 5.82 Å². The highest BCUT2D eigenvalue weighted by Crippen LogP contribution is 2.30. The Morgan fingerprint density at radius 1 is 1.42 bits per heavy atom. The number of rotatable bonds is 4. The largest absolute Gasteiger partial charge is 0.435 e. The normalized spacial score (nSPS) is 10.3. The molecule has 0 spiro atoms. The predicted octanol–water partition coefficient (Wildman–Crippen LogP) is 3.91. The molecule has 0 aliphatic heterocycles. The van der Waals surface area contributed by atoms with Gasteiger partial charge in [0, 0.05) is 6.54 Å². The van der Waals surface area contributed by atoms with Crippen molar-refractivity contribution in [2.45, 2.75) is 13.8 Å². The van der Waals surface area contributed by atoms with Crippen LogP contribution in [0.4, 0.5) is 10.3 Å². The van der Waals surface area contributed by atoms with Gasteiger partial charge in [0.05, 0.1) is 10.7 Å². The van der Waals surface area contributed by atoms with Crippen molar-refractivity contribution < 1.29 is 9.13 Å². The minimum absolute atomic E-state index is 0.101. The fourth-order valence-corrected chi connectivity index (χ4v) is 2.03. The van der Waals surface area contributed by atoms with Gasteiger partial charge in [0.15, 0.2) is 0 Å². The molecule has 1 aromatic heterocycles. The van der Waals surface area contributed by atoms with Gasteiger partial charge in [-0.1, -0.05) is 6.07 Å². The van der Waals surface area contributed by atoms with Crippen molar-refractivity contribution in [1.82, 2.24) is 9.97 Å². The third-order valence-corrected chi connectivity index (χ3v) is 2.96. The van der Waals surface area contributed by atoms with Gasteiger partial charge in [-0.2, -0.15) is 9.37 Å². The molecule has 2 rings (SSSR count). The summed E-state index contributed by atoms with van der Waals surface area (Å²) >= 11 is 3.37. The Kier molecular flexibility index (Phi) is 4.31. The van der Waals surface area contributed by atoms with Gasteiger partial charge in [0.25, 0.3) is 5.88 Å². The number of benzene rings is 1. The van der Waals surface area contributed by atoms with Gasteiger partial charge in [-0.05, 0) is 47.5 Å². The molecule has 19 heavy (non-hydrogen) atoms. The minimum Gasteiger partial charge on any atom is -0.435 e. The van der Waals surface area contributed by atoms with Gasteiger partial charge in [-0.3, -0.25) is 0 Å². The molecule has 100 valence electrons. The molecule has 0 aliphatic carbocycles. The van der Waals surface area contributed by atoms with Gasteiger partial charge in [0.1, 0.15) is 5.75 Å². The van der Waals surface area contributed by atoms with E-state index in [0.29, 0.717) is 18.2 Å². The Morgan fingerprint density at radius 3 is 2.89 bits per heavy atom. The summed E-state index contributed by atoms with van der Waals surface area (Å²) in [5.41, 5.74) is 1.08. The maximum atomic E-state index is 13.6. The Morgan fingerprint density at radius 2 is 2.21 bits per heavy atom. The first-order valence-electron chi connectivity index (χ1n) is 5.80. The molecule has 0 aliphatic rings. The summed E-state index contributed by atoms with van der Waals surface area (Å²) in [7, 11) is 0. The van der Waals surface area contributed by atoms with Crippen LogP contribution < -0.4 is 10.1 Å². The van der Waals surface area contributed by atoms with E-state index >= 15 is 0 Å². The van der Waals surface area contributed by atoms with Gasteiger partial charge in [0.2, 0.25) is 11.8 Å². The molecule has 0 radical (unpaired) electrons. The van der Waals surface area contributed by atoms with E-state index in [1.54, 1.807) is 6.07 Å². The van der Waals surface area contributed by atoms with E-state index in [4.69, 9.17) is 4.74 Å². The smallest absolute Gasteiger partial charge is 0.260 e. The Bertz CT molecular complexity index is 592. The molecule has 4 nitrogen and oxygen atoms in total. The number of halogens is 2. The van der Waals surface area contributed by atoms with Gasteiger partial charge < -0.3 is 10.1 Å². The van der Waals surface area contributed by atoms with Gasteiger partial charge in [-0.25, -0.2) is 4.98 Å². The van der Waals surface area contributed by atoms with E-state index in [-0.39, 0.29) is 5.88 Å². The lowest BCUT2D eigenvalue weighted by atomic mass is 10.2. The first-order chi connectivity index (χ1) is 9.10. The molecule has 6 heteroatoms. The summed E-state index contributed by atoms with van der Waals surface area (Å²) in [6, 6.07) is 5.53. The number of aryl methyl sites for hydroxylation is 1. The van der Waals surface area contributed by atoms with E-state index in [0.717, 1.165) is 16.2 Å². The number of aromatic nitrogens is 2. The molecular formula is C13H13BrFN3O.